The molecule has 0 aliphatic heterocycles. The van der Waals surface area contributed by atoms with E-state index >= 15 is 0 Å². The minimum atomic E-state index is -1.12. The van der Waals surface area contributed by atoms with Crippen molar-refractivity contribution < 1.29 is 72.7 Å². The van der Waals surface area contributed by atoms with Gasteiger partial charge in [0.25, 0.3) is 0 Å². The van der Waals surface area contributed by atoms with Crippen molar-refractivity contribution in [1.82, 2.24) is 0 Å². The van der Waals surface area contributed by atoms with E-state index in [0.29, 0.717) is 18.6 Å². The Morgan fingerprint density at radius 1 is 0.824 bits per heavy atom. The number of ether oxygens (including phenoxy) is 4. The molecule has 0 spiro atoms. The van der Waals surface area contributed by atoms with Gasteiger partial charge in [0.05, 0.1) is 25.2 Å². The molecule has 0 saturated heterocycles. The smallest absolute Gasteiger partial charge is 0.691 e. The summed E-state index contributed by atoms with van der Waals surface area (Å²) in [5.74, 6) is -2.25. The molecule has 0 fully saturated rings. The molecule has 34 heavy (non-hydrogen) atoms. The summed E-state index contributed by atoms with van der Waals surface area (Å²) in [5, 5.41) is 12.4. The number of unbranched alkanes of at least 4 members (excludes halogenated alkanes) is 5. The molecular formula is C23H43NaO9S. The molecule has 0 rings (SSSR count). The zero-order valence-electron chi connectivity index (χ0n) is 21.7. The third-order valence-corrected chi connectivity index (χ3v) is 6.05. The van der Waals surface area contributed by atoms with Crippen LogP contribution in [0.4, 0.5) is 0 Å². The van der Waals surface area contributed by atoms with Crippen molar-refractivity contribution in [2.75, 3.05) is 33.0 Å². The average molecular weight is 519 g/mol. The Kier molecular flexibility index (Phi) is 27.9. The van der Waals surface area contributed by atoms with E-state index in [0.717, 1.165) is 38.5 Å². The fourth-order valence-corrected chi connectivity index (χ4v) is 3.57. The molecule has 0 amide bonds. The summed E-state index contributed by atoms with van der Waals surface area (Å²) in [6, 6.07) is 0. The molecule has 0 radical (unpaired) electrons. The first-order valence-corrected chi connectivity index (χ1v) is 13.0. The second-order valence-electron chi connectivity index (χ2n) is 7.85. The van der Waals surface area contributed by atoms with Crippen LogP contribution in [0.15, 0.2) is 0 Å². The van der Waals surface area contributed by atoms with Crippen LogP contribution in [0.3, 0.4) is 0 Å². The van der Waals surface area contributed by atoms with Crippen molar-refractivity contribution in [3.05, 3.63) is 0 Å². The van der Waals surface area contributed by atoms with Crippen LogP contribution in [-0.4, -0.2) is 56.3 Å². The Labute approximate surface area is 231 Å². The first-order valence-electron chi connectivity index (χ1n) is 12.2. The Balaban J connectivity index is 0. The molecule has 0 saturated carbocycles. The van der Waals surface area contributed by atoms with E-state index in [1.54, 1.807) is 0 Å². The number of carbonyl (C=O) groups excluding carboxylic acids is 2. The van der Waals surface area contributed by atoms with E-state index in [9.17, 15) is 14.8 Å². The Hall–Kier alpha value is 0.0900. The number of hydrogen-bond donors (Lipinski definition) is 0. The number of esters is 2. The monoisotopic (exact) mass is 518 g/mol. The third kappa shape index (κ3) is 19.3. The number of carbonyl (C=O) groups is 2. The Bertz CT molecular complexity index is 485. The van der Waals surface area contributed by atoms with Crippen LogP contribution in [0.2, 0.25) is 0 Å². The summed E-state index contributed by atoms with van der Waals surface area (Å²) in [7, 11) is 0. The van der Waals surface area contributed by atoms with E-state index in [-0.39, 0.29) is 62.1 Å². The van der Waals surface area contributed by atoms with Gasteiger partial charge in [-0.3, -0.25) is 14.6 Å². The van der Waals surface area contributed by atoms with Gasteiger partial charge in [0.2, 0.25) is 0 Å². The molecule has 0 N–H and O–H groups in total. The fourth-order valence-electron chi connectivity index (χ4n) is 3.03. The minimum Gasteiger partial charge on any atom is -0.691 e. The van der Waals surface area contributed by atoms with Gasteiger partial charge in [-0.25, -0.2) is 0 Å². The summed E-state index contributed by atoms with van der Waals surface area (Å²) in [6.45, 7) is 9.09. The van der Waals surface area contributed by atoms with Crippen molar-refractivity contribution >= 4 is 24.0 Å². The van der Waals surface area contributed by atoms with Crippen LogP contribution in [0, 0.1) is 5.92 Å². The normalized spacial score (nSPS) is 13.6. The molecule has 3 atom stereocenters. The largest absolute Gasteiger partial charge is 1.00 e. The molecule has 0 heterocycles. The second-order valence-corrected chi connectivity index (χ2v) is 8.68. The van der Waals surface area contributed by atoms with Crippen LogP contribution in [0.25, 0.3) is 0 Å². The van der Waals surface area contributed by atoms with Crippen molar-refractivity contribution in [3.8, 4) is 0 Å². The predicted molar refractivity (Wildman–Crippen MR) is 124 cm³/mol. The van der Waals surface area contributed by atoms with Gasteiger partial charge >= 0.3 is 41.5 Å². The number of rotatable bonds is 23. The molecule has 196 valence electrons. The van der Waals surface area contributed by atoms with E-state index in [2.05, 4.69) is 23.2 Å². The molecule has 0 aromatic heterocycles. The van der Waals surface area contributed by atoms with Gasteiger partial charge in [-0.2, -0.15) is 4.33 Å². The summed E-state index contributed by atoms with van der Waals surface area (Å²) in [5.41, 5.74) is 0. The van der Waals surface area contributed by atoms with Gasteiger partial charge in [-0.15, -0.1) is 0 Å². The first kappa shape index (κ1) is 36.2. The number of hydrogen-bond acceptors (Lipinski definition) is 10. The van der Waals surface area contributed by atoms with Crippen molar-refractivity contribution in [2.24, 2.45) is 5.92 Å². The van der Waals surface area contributed by atoms with E-state index < -0.39 is 23.1 Å². The van der Waals surface area contributed by atoms with Crippen LogP contribution in [0.5, 0.6) is 0 Å². The SMILES string of the molecule is CCCCCCCOCCOC(=O)C(C)C(SOO[O-])C(=O)OCCOC(CC)CCCC.[Na+]. The van der Waals surface area contributed by atoms with E-state index in [1.807, 2.05) is 6.92 Å². The maximum Gasteiger partial charge on any atom is 1.00 e. The van der Waals surface area contributed by atoms with Gasteiger partial charge in [0, 0.05) is 18.6 Å². The van der Waals surface area contributed by atoms with Crippen LogP contribution in [-0.2, 0) is 37.9 Å². The van der Waals surface area contributed by atoms with Gasteiger partial charge in [-0.05, 0) is 19.3 Å². The quantitative estimate of drug-likeness (QED) is 0.0483. The van der Waals surface area contributed by atoms with E-state index in [1.165, 1.54) is 26.2 Å². The Morgan fingerprint density at radius 3 is 2.12 bits per heavy atom. The average Bonchev–Trinajstić information content (AvgIpc) is 2.82. The zero-order chi connectivity index (χ0) is 24.7. The molecule has 0 bridgehead atoms. The fraction of sp³-hybridized carbons (Fsp3) is 0.913. The topological polar surface area (TPSA) is 113 Å². The van der Waals surface area contributed by atoms with Crippen LogP contribution in [0.1, 0.15) is 85.5 Å². The molecule has 0 aliphatic rings. The van der Waals surface area contributed by atoms with Gasteiger partial charge in [0.1, 0.15) is 18.5 Å². The summed E-state index contributed by atoms with van der Waals surface area (Å²) in [6.07, 6.45) is 9.84. The second kappa shape index (κ2) is 26.2. The first-order chi connectivity index (χ1) is 16.0. The zero-order valence-corrected chi connectivity index (χ0v) is 24.5. The summed E-state index contributed by atoms with van der Waals surface area (Å²) >= 11 is 0.421. The molecule has 11 heteroatoms. The molecular weight excluding hydrogens is 475 g/mol. The molecule has 3 unspecified atom stereocenters. The summed E-state index contributed by atoms with van der Waals surface area (Å²) < 4.78 is 25.9. The van der Waals surface area contributed by atoms with Crippen molar-refractivity contribution in [3.63, 3.8) is 0 Å². The predicted octanol–water partition coefficient (Wildman–Crippen LogP) is 0.926. The third-order valence-electron chi connectivity index (χ3n) is 5.11. The van der Waals surface area contributed by atoms with Crippen molar-refractivity contribution in [2.45, 2.75) is 96.8 Å². The van der Waals surface area contributed by atoms with Crippen molar-refractivity contribution in [1.29, 1.82) is 0 Å². The van der Waals surface area contributed by atoms with Gasteiger partial charge < -0.3 is 24.2 Å². The Morgan fingerprint density at radius 2 is 1.47 bits per heavy atom. The minimum absolute atomic E-state index is 0. The van der Waals surface area contributed by atoms with Gasteiger partial charge in [0.15, 0.2) is 0 Å². The van der Waals surface area contributed by atoms with Crippen LogP contribution >= 0.6 is 12.0 Å². The standard InChI is InChI=1S/C23H44O9S.Na/c1-5-8-10-11-12-14-27-15-16-29-22(24)19(4)21(33-32-31-26)23(25)30-18-17-28-20(7-3)13-9-6-2;/h19-21,26H,5-18H2,1-4H3;/q;+1/p-1. The van der Waals surface area contributed by atoms with Crippen LogP contribution < -0.4 is 34.8 Å². The molecule has 0 aliphatic carbocycles. The van der Waals surface area contributed by atoms with E-state index in [4.69, 9.17) is 18.9 Å². The maximum absolute atomic E-state index is 12.4. The molecule has 0 aromatic carbocycles. The maximum atomic E-state index is 12.4. The summed E-state index contributed by atoms with van der Waals surface area (Å²) in [4.78, 5) is 24.8. The molecule has 0 aromatic rings. The van der Waals surface area contributed by atoms with Gasteiger partial charge in [-0.1, -0.05) is 66.2 Å². The molecule has 9 nitrogen and oxygen atoms in total.